The minimum atomic E-state index is -0.620. The Hall–Kier alpha value is -2.92. The number of methoxy groups -OCH3 is 1. The van der Waals surface area contributed by atoms with E-state index in [2.05, 4.69) is 15.6 Å². The van der Waals surface area contributed by atoms with Crippen molar-refractivity contribution < 1.29 is 9.53 Å². The lowest BCUT2D eigenvalue weighted by Crippen LogP contribution is -2.43. The Bertz CT molecular complexity index is 877. The molecule has 0 bridgehead atoms. The average molecular weight is 347 g/mol. The number of hydrogen-bond donors (Lipinski definition) is 0. The van der Waals surface area contributed by atoms with E-state index in [1.807, 2.05) is 66.0 Å². The number of carbonyl (C=O) groups excluding carboxylic acids is 1. The van der Waals surface area contributed by atoms with Crippen LogP contribution in [0.15, 0.2) is 73.3 Å². The smallest absolute Gasteiger partial charge is 0.260 e. The number of carbonyl (C=O) groups is 1. The number of rotatable bonds is 4. The van der Waals surface area contributed by atoms with Gasteiger partial charge in [-0.3, -0.25) is 4.79 Å². The molecule has 0 N–H and O–H groups in total. The average Bonchev–Trinajstić information content (AvgIpc) is 3.23. The quantitative estimate of drug-likeness (QED) is 0.727. The van der Waals surface area contributed by atoms with Gasteiger partial charge in [0.15, 0.2) is 6.10 Å². The van der Waals surface area contributed by atoms with Gasteiger partial charge in [-0.25, -0.2) is 4.98 Å². The monoisotopic (exact) mass is 347 g/mol. The maximum atomic E-state index is 13.4. The van der Waals surface area contributed by atoms with Crippen molar-refractivity contribution in [3.63, 3.8) is 0 Å². The summed E-state index contributed by atoms with van der Waals surface area (Å²) in [5.41, 5.74) is 2.99. The molecule has 0 radical (unpaired) electrons. The van der Waals surface area contributed by atoms with Gasteiger partial charge >= 0.3 is 0 Å². The predicted octanol–water partition coefficient (Wildman–Crippen LogP) is 3.40. The molecule has 2 aromatic carbocycles. The minimum absolute atomic E-state index is 0.0454. The summed E-state index contributed by atoms with van der Waals surface area (Å²) >= 11 is 0. The highest BCUT2D eigenvalue weighted by molar-refractivity contribution is 5.98. The summed E-state index contributed by atoms with van der Waals surface area (Å²) in [5, 5.41) is 0. The topological polar surface area (TPSA) is 47.4 Å². The number of imidazole rings is 1. The second-order valence-corrected chi connectivity index (χ2v) is 6.47. The number of anilines is 1. The van der Waals surface area contributed by atoms with Crippen molar-refractivity contribution >= 4 is 11.6 Å². The molecular weight excluding hydrogens is 326 g/mol. The molecule has 2 atom stereocenters. The first kappa shape index (κ1) is 16.5. The zero-order valence-corrected chi connectivity index (χ0v) is 14.7. The number of benzene rings is 2. The van der Waals surface area contributed by atoms with Gasteiger partial charge in [0, 0.05) is 31.7 Å². The van der Waals surface area contributed by atoms with E-state index >= 15 is 0 Å². The molecule has 0 spiro atoms. The Labute approximate surface area is 152 Å². The van der Waals surface area contributed by atoms with Crippen molar-refractivity contribution in [2.24, 2.45) is 0 Å². The van der Waals surface area contributed by atoms with Crippen molar-refractivity contribution in [3.05, 3.63) is 84.4 Å². The van der Waals surface area contributed by atoms with Crippen molar-refractivity contribution in [3.8, 4) is 0 Å². The minimum Gasteiger partial charge on any atom is -0.367 e. The molecule has 2 heterocycles. The number of nitrogens with zero attached hydrogens (tertiary/aromatic N) is 3. The number of para-hydroxylation sites is 1. The van der Waals surface area contributed by atoms with Crippen LogP contribution in [0.2, 0.25) is 0 Å². The second-order valence-electron chi connectivity index (χ2n) is 6.47. The summed E-state index contributed by atoms with van der Waals surface area (Å²) in [5.74, 6) is -0.0454. The van der Waals surface area contributed by atoms with Crippen molar-refractivity contribution in [1.29, 1.82) is 0 Å². The Balaban J connectivity index is 1.70. The van der Waals surface area contributed by atoms with Gasteiger partial charge in [-0.2, -0.15) is 0 Å². The third-order valence-electron chi connectivity index (χ3n) is 4.91. The Morgan fingerprint density at radius 3 is 2.65 bits per heavy atom. The van der Waals surface area contributed by atoms with Crippen LogP contribution in [0, 0.1) is 0 Å². The van der Waals surface area contributed by atoms with Gasteiger partial charge in [0.1, 0.15) is 0 Å². The van der Waals surface area contributed by atoms with Gasteiger partial charge in [0.2, 0.25) is 0 Å². The lowest BCUT2D eigenvalue weighted by atomic mass is 9.96. The Morgan fingerprint density at radius 2 is 1.92 bits per heavy atom. The summed E-state index contributed by atoms with van der Waals surface area (Å²) in [6, 6.07) is 17.9. The van der Waals surface area contributed by atoms with Crippen molar-refractivity contribution in [1.82, 2.24) is 9.55 Å². The van der Waals surface area contributed by atoms with Crippen LogP contribution < -0.4 is 4.90 Å². The van der Waals surface area contributed by atoms with E-state index in [0.717, 1.165) is 23.2 Å². The van der Waals surface area contributed by atoms with Crippen molar-refractivity contribution in [2.45, 2.75) is 18.6 Å². The molecule has 1 aliphatic heterocycles. The highest BCUT2D eigenvalue weighted by atomic mass is 16.5. The van der Waals surface area contributed by atoms with Crippen molar-refractivity contribution in [2.75, 3.05) is 18.6 Å². The molecule has 4 rings (SSSR count). The van der Waals surface area contributed by atoms with Gasteiger partial charge < -0.3 is 14.2 Å². The summed E-state index contributed by atoms with van der Waals surface area (Å²) in [6.45, 7) is 0.596. The van der Waals surface area contributed by atoms with E-state index < -0.39 is 6.10 Å². The highest BCUT2D eigenvalue weighted by Gasteiger charge is 2.33. The zero-order valence-electron chi connectivity index (χ0n) is 14.7. The van der Waals surface area contributed by atoms with Gasteiger partial charge in [0.05, 0.1) is 12.4 Å². The maximum absolute atomic E-state index is 13.4. The van der Waals surface area contributed by atoms with Crippen LogP contribution in [0.25, 0.3) is 0 Å². The molecule has 0 aliphatic carbocycles. The van der Waals surface area contributed by atoms with E-state index in [9.17, 15) is 4.79 Å². The molecule has 1 aromatic heterocycles. The first-order valence-electron chi connectivity index (χ1n) is 8.72. The summed E-state index contributed by atoms with van der Waals surface area (Å²) in [6.07, 6.45) is 5.79. The molecule has 5 nitrogen and oxygen atoms in total. The SMILES string of the molecule is CO[C@@H](C(=O)N1C[C@@H](n2ccnc2)Cc2ccccc21)c1ccccc1. The van der Waals surface area contributed by atoms with E-state index in [1.54, 1.807) is 13.3 Å². The molecule has 0 unspecified atom stereocenters. The van der Waals surface area contributed by atoms with Crippen LogP contribution in [0.3, 0.4) is 0 Å². The number of fused-ring (bicyclic) bond motifs is 1. The van der Waals surface area contributed by atoms with Crippen LogP contribution in [-0.2, 0) is 16.0 Å². The fraction of sp³-hybridized carbons (Fsp3) is 0.238. The molecule has 132 valence electrons. The zero-order chi connectivity index (χ0) is 17.9. The Kier molecular flexibility index (Phi) is 4.54. The van der Waals surface area contributed by atoms with Gasteiger partial charge in [-0.1, -0.05) is 48.5 Å². The van der Waals surface area contributed by atoms with Crippen LogP contribution in [-0.4, -0.2) is 29.1 Å². The summed E-state index contributed by atoms with van der Waals surface area (Å²) < 4.78 is 7.65. The first-order valence-corrected chi connectivity index (χ1v) is 8.72. The lowest BCUT2D eigenvalue weighted by molar-refractivity contribution is -0.128. The third-order valence-corrected chi connectivity index (χ3v) is 4.91. The Morgan fingerprint density at radius 1 is 1.15 bits per heavy atom. The molecule has 3 aromatic rings. The number of amides is 1. The molecule has 0 saturated carbocycles. The normalized spacial score (nSPS) is 17.6. The number of aromatic nitrogens is 2. The fourth-order valence-corrected chi connectivity index (χ4v) is 3.62. The highest BCUT2D eigenvalue weighted by Crippen LogP contribution is 2.34. The fourth-order valence-electron chi connectivity index (χ4n) is 3.62. The molecule has 5 heteroatoms. The number of hydrogen-bond acceptors (Lipinski definition) is 3. The van der Waals surface area contributed by atoms with Crippen LogP contribution in [0.5, 0.6) is 0 Å². The van der Waals surface area contributed by atoms with E-state index in [1.165, 1.54) is 0 Å². The maximum Gasteiger partial charge on any atom is 0.260 e. The molecule has 0 saturated heterocycles. The summed E-state index contributed by atoms with van der Waals surface area (Å²) in [7, 11) is 1.58. The molecule has 1 aliphatic rings. The lowest BCUT2D eigenvalue weighted by Gasteiger charge is -2.36. The van der Waals surface area contributed by atoms with E-state index in [4.69, 9.17) is 4.74 Å². The first-order chi connectivity index (χ1) is 12.8. The summed E-state index contributed by atoms with van der Waals surface area (Å²) in [4.78, 5) is 19.4. The molecular formula is C21H21N3O2. The predicted molar refractivity (Wildman–Crippen MR) is 100.0 cm³/mol. The van der Waals surface area contributed by atoms with Crippen LogP contribution in [0.1, 0.15) is 23.3 Å². The number of ether oxygens (including phenoxy) is 1. The second kappa shape index (κ2) is 7.14. The van der Waals surface area contributed by atoms with Crippen LogP contribution in [0.4, 0.5) is 5.69 Å². The third kappa shape index (κ3) is 3.02. The van der Waals surface area contributed by atoms with Crippen LogP contribution >= 0.6 is 0 Å². The largest absolute Gasteiger partial charge is 0.367 e. The molecule has 26 heavy (non-hydrogen) atoms. The van der Waals surface area contributed by atoms with E-state index in [0.29, 0.717) is 6.54 Å². The van der Waals surface area contributed by atoms with Gasteiger partial charge in [0.25, 0.3) is 5.91 Å². The molecule has 0 fully saturated rings. The standard InChI is InChI=1S/C21H21N3O2/c1-26-20(16-7-3-2-4-8-16)21(25)24-14-18(23-12-11-22-15-23)13-17-9-5-6-10-19(17)24/h2-12,15,18,20H,13-14H2,1H3/t18-,20+/m0/s1. The van der Waals surface area contributed by atoms with E-state index in [-0.39, 0.29) is 11.9 Å². The van der Waals surface area contributed by atoms with Gasteiger partial charge in [-0.15, -0.1) is 0 Å². The van der Waals surface area contributed by atoms with Gasteiger partial charge in [-0.05, 0) is 23.6 Å². The molecule has 1 amide bonds.